The molecule has 1 aromatic carbocycles. The quantitative estimate of drug-likeness (QED) is 0.917. The second-order valence-electron chi connectivity index (χ2n) is 5.31. The normalized spacial score (nSPS) is 23.8. The number of amides is 1. The Balaban J connectivity index is 2.42. The van der Waals surface area contributed by atoms with Crippen molar-refractivity contribution < 1.29 is 9.53 Å². The number of ether oxygens (including phenoxy) is 1. The second-order valence-corrected chi connectivity index (χ2v) is 5.31. The van der Waals surface area contributed by atoms with Crippen LogP contribution in [0.4, 0.5) is 0 Å². The highest BCUT2D eigenvalue weighted by Crippen LogP contribution is 2.32. The summed E-state index contributed by atoms with van der Waals surface area (Å²) in [6.45, 7) is 3.26. The van der Waals surface area contributed by atoms with Gasteiger partial charge in [0, 0.05) is 26.1 Å². The summed E-state index contributed by atoms with van der Waals surface area (Å²) >= 11 is 0. The molecule has 0 radical (unpaired) electrons. The molecule has 4 nitrogen and oxygen atoms in total. The number of hydrogen-bond donors (Lipinski definition) is 1. The molecule has 1 aromatic rings. The first kappa shape index (κ1) is 15.0. The van der Waals surface area contributed by atoms with E-state index in [-0.39, 0.29) is 18.0 Å². The molecule has 1 aliphatic heterocycles. The lowest BCUT2D eigenvalue weighted by atomic mass is 9.92. The minimum Gasteiger partial charge on any atom is -0.380 e. The number of nitrogens with two attached hydrogens (primary N) is 1. The Kier molecular flexibility index (Phi) is 5.15. The molecule has 4 heteroatoms. The van der Waals surface area contributed by atoms with E-state index in [1.165, 1.54) is 0 Å². The molecule has 1 heterocycles. The zero-order valence-corrected chi connectivity index (χ0v) is 12.3. The van der Waals surface area contributed by atoms with E-state index in [1.54, 1.807) is 7.11 Å². The topological polar surface area (TPSA) is 55.6 Å². The van der Waals surface area contributed by atoms with Crippen LogP contribution in [-0.2, 0) is 16.1 Å². The van der Waals surface area contributed by atoms with Gasteiger partial charge in [-0.3, -0.25) is 4.79 Å². The van der Waals surface area contributed by atoms with E-state index >= 15 is 0 Å². The number of nitrogens with zero attached hydrogens (tertiary/aromatic N) is 1. The zero-order chi connectivity index (χ0) is 14.5. The summed E-state index contributed by atoms with van der Waals surface area (Å²) in [6.07, 6.45) is 2.36. The summed E-state index contributed by atoms with van der Waals surface area (Å²) in [6, 6.07) is 8.07. The fraction of sp³-hybridized carbons (Fsp3) is 0.562. The largest absolute Gasteiger partial charge is 0.380 e. The average Bonchev–Trinajstić information content (AvgIpc) is 2.58. The Morgan fingerprint density at radius 3 is 2.85 bits per heavy atom. The van der Waals surface area contributed by atoms with Gasteiger partial charge in [0.15, 0.2) is 0 Å². The molecule has 0 aromatic heterocycles. The Hall–Kier alpha value is -1.39. The average molecular weight is 276 g/mol. The van der Waals surface area contributed by atoms with Crippen molar-refractivity contribution in [3.05, 3.63) is 35.4 Å². The molecular formula is C16H24N2O2. The first-order valence-corrected chi connectivity index (χ1v) is 7.30. The molecule has 1 fully saturated rings. The number of methoxy groups -OCH3 is 1. The van der Waals surface area contributed by atoms with E-state index in [2.05, 4.69) is 12.1 Å². The third-order valence-corrected chi connectivity index (χ3v) is 4.00. The maximum atomic E-state index is 12.3. The third-order valence-electron chi connectivity index (χ3n) is 4.00. The van der Waals surface area contributed by atoms with E-state index in [0.717, 1.165) is 24.0 Å². The number of benzene rings is 1. The van der Waals surface area contributed by atoms with Crippen molar-refractivity contribution in [2.75, 3.05) is 13.7 Å². The van der Waals surface area contributed by atoms with Crippen molar-refractivity contribution in [2.45, 2.75) is 44.9 Å². The standard InChI is InChI=1S/C16H24N2O2/c1-3-18-15(19)10-6-9-14(17)16(18)13-8-5-4-7-12(13)11-20-2/h4-5,7-8,14,16H,3,6,9-11,17H2,1-2H3. The molecular weight excluding hydrogens is 252 g/mol. The molecule has 0 spiro atoms. The van der Waals surface area contributed by atoms with Crippen molar-refractivity contribution in [1.29, 1.82) is 0 Å². The van der Waals surface area contributed by atoms with Crippen molar-refractivity contribution in [3.8, 4) is 0 Å². The van der Waals surface area contributed by atoms with Gasteiger partial charge in [-0.25, -0.2) is 0 Å². The second kappa shape index (κ2) is 6.86. The highest BCUT2D eigenvalue weighted by molar-refractivity contribution is 5.77. The Morgan fingerprint density at radius 2 is 2.15 bits per heavy atom. The molecule has 1 aliphatic rings. The van der Waals surface area contributed by atoms with E-state index in [4.69, 9.17) is 10.5 Å². The first-order valence-electron chi connectivity index (χ1n) is 7.30. The van der Waals surface area contributed by atoms with Gasteiger partial charge >= 0.3 is 0 Å². The number of carbonyl (C=O) groups excluding carboxylic acids is 1. The lowest BCUT2D eigenvalue weighted by molar-refractivity contribution is -0.133. The fourth-order valence-electron chi connectivity index (χ4n) is 3.06. The van der Waals surface area contributed by atoms with Gasteiger partial charge in [-0.15, -0.1) is 0 Å². The van der Waals surface area contributed by atoms with Crippen molar-refractivity contribution >= 4 is 5.91 Å². The van der Waals surface area contributed by atoms with Crippen LogP contribution in [0.25, 0.3) is 0 Å². The Morgan fingerprint density at radius 1 is 1.40 bits per heavy atom. The molecule has 20 heavy (non-hydrogen) atoms. The molecule has 110 valence electrons. The van der Waals surface area contributed by atoms with Crippen LogP contribution in [0.15, 0.2) is 24.3 Å². The zero-order valence-electron chi connectivity index (χ0n) is 12.3. The maximum absolute atomic E-state index is 12.3. The highest BCUT2D eigenvalue weighted by Gasteiger charge is 2.32. The maximum Gasteiger partial charge on any atom is 0.223 e. The molecule has 2 atom stereocenters. The van der Waals surface area contributed by atoms with Crippen LogP contribution in [-0.4, -0.2) is 30.5 Å². The smallest absolute Gasteiger partial charge is 0.223 e. The van der Waals surface area contributed by atoms with Gasteiger partial charge < -0.3 is 15.4 Å². The number of rotatable bonds is 4. The van der Waals surface area contributed by atoms with Crippen LogP contribution in [0, 0.1) is 0 Å². The summed E-state index contributed by atoms with van der Waals surface area (Å²) in [4.78, 5) is 14.2. The summed E-state index contributed by atoms with van der Waals surface area (Å²) < 4.78 is 5.28. The minimum atomic E-state index is -0.0404. The van der Waals surface area contributed by atoms with Gasteiger partial charge in [-0.2, -0.15) is 0 Å². The molecule has 1 amide bonds. The molecule has 2 rings (SSSR count). The minimum absolute atomic E-state index is 0.0144. The molecule has 2 unspecified atom stereocenters. The van der Waals surface area contributed by atoms with Crippen molar-refractivity contribution in [2.24, 2.45) is 5.73 Å². The lowest BCUT2D eigenvalue weighted by Gasteiger charge is -2.34. The van der Waals surface area contributed by atoms with Crippen LogP contribution in [0.1, 0.15) is 43.4 Å². The van der Waals surface area contributed by atoms with E-state index in [9.17, 15) is 4.79 Å². The van der Waals surface area contributed by atoms with Crippen LogP contribution in [0.5, 0.6) is 0 Å². The van der Waals surface area contributed by atoms with Crippen molar-refractivity contribution in [3.63, 3.8) is 0 Å². The van der Waals surface area contributed by atoms with Crippen LogP contribution in [0.3, 0.4) is 0 Å². The molecule has 1 saturated heterocycles. The Bertz CT molecular complexity index is 462. The van der Waals surface area contributed by atoms with Gasteiger partial charge in [0.05, 0.1) is 12.6 Å². The van der Waals surface area contributed by atoms with Crippen LogP contribution < -0.4 is 5.73 Å². The molecule has 2 N–H and O–H groups in total. The summed E-state index contributed by atoms with van der Waals surface area (Å²) in [5.41, 5.74) is 8.61. The van der Waals surface area contributed by atoms with Gasteiger partial charge in [0.2, 0.25) is 5.91 Å². The third kappa shape index (κ3) is 3.02. The predicted molar refractivity (Wildman–Crippen MR) is 79.1 cm³/mol. The van der Waals surface area contributed by atoms with E-state index < -0.39 is 0 Å². The lowest BCUT2D eigenvalue weighted by Crippen LogP contribution is -2.42. The first-order chi connectivity index (χ1) is 9.69. The van der Waals surface area contributed by atoms with Gasteiger partial charge in [0.1, 0.15) is 0 Å². The Labute approximate surface area is 120 Å². The summed E-state index contributed by atoms with van der Waals surface area (Å²) in [5.74, 6) is 0.206. The number of hydrogen-bond acceptors (Lipinski definition) is 3. The molecule has 0 saturated carbocycles. The molecule has 0 bridgehead atoms. The van der Waals surface area contributed by atoms with E-state index in [0.29, 0.717) is 19.6 Å². The SMILES string of the molecule is CCN1C(=O)CCCC(N)C1c1ccccc1COC. The fourth-order valence-corrected chi connectivity index (χ4v) is 3.06. The number of likely N-dealkylation sites (tertiary alicyclic amines) is 1. The summed E-state index contributed by atoms with van der Waals surface area (Å²) in [7, 11) is 1.69. The molecule has 0 aliphatic carbocycles. The predicted octanol–water partition coefficient (Wildman–Crippen LogP) is 2.23. The number of carbonyl (C=O) groups is 1. The van der Waals surface area contributed by atoms with Gasteiger partial charge in [-0.05, 0) is 30.9 Å². The van der Waals surface area contributed by atoms with Crippen LogP contribution in [0.2, 0.25) is 0 Å². The van der Waals surface area contributed by atoms with Gasteiger partial charge in [-0.1, -0.05) is 24.3 Å². The van der Waals surface area contributed by atoms with Crippen molar-refractivity contribution in [1.82, 2.24) is 4.90 Å². The number of likely N-dealkylation sites (N-methyl/N-ethyl adjacent to an activating group) is 1. The van der Waals surface area contributed by atoms with Gasteiger partial charge in [0.25, 0.3) is 0 Å². The van der Waals surface area contributed by atoms with E-state index in [1.807, 2.05) is 24.0 Å². The van der Waals surface area contributed by atoms with Crippen LogP contribution >= 0.6 is 0 Å². The monoisotopic (exact) mass is 276 g/mol. The highest BCUT2D eigenvalue weighted by atomic mass is 16.5. The summed E-state index contributed by atoms with van der Waals surface area (Å²) in [5, 5.41) is 0.